The third kappa shape index (κ3) is 1.19. The number of nitrogens with zero attached hydrogens (tertiary/aromatic N) is 4. The van der Waals surface area contributed by atoms with Crippen LogP contribution in [0.2, 0.25) is 0 Å². The van der Waals surface area contributed by atoms with Crippen molar-refractivity contribution >= 4 is 11.7 Å². The van der Waals surface area contributed by atoms with Gasteiger partial charge in [-0.05, 0) is 0 Å². The first-order valence-electron chi connectivity index (χ1n) is 3.20. The summed E-state index contributed by atoms with van der Waals surface area (Å²) >= 11 is 1.09. The highest BCUT2D eigenvalue weighted by atomic mass is 32.1. The minimum absolute atomic E-state index is 0.265. The minimum Gasteiger partial charge on any atom is -0.332 e. The fourth-order valence-electron chi connectivity index (χ4n) is 0.700. The van der Waals surface area contributed by atoms with Gasteiger partial charge < -0.3 is 10.3 Å². The molecule has 0 unspecified atom stereocenters. The lowest BCUT2D eigenvalue weighted by atomic mass is 10.5. The molecule has 0 radical (unpaired) electrons. The molecular formula is C5H5N5OS. The van der Waals surface area contributed by atoms with E-state index in [0.717, 1.165) is 11.7 Å². The van der Waals surface area contributed by atoms with Crippen LogP contribution in [0, 0.1) is 0 Å². The van der Waals surface area contributed by atoms with Crippen molar-refractivity contribution in [1.82, 2.24) is 18.9 Å². The summed E-state index contributed by atoms with van der Waals surface area (Å²) in [6.45, 7) is 0.265. The topological polar surface area (TPSA) is 90.7 Å². The second kappa shape index (κ2) is 2.95. The second-order valence-electron chi connectivity index (χ2n) is 2.01. The molecule has 0 aliphatic heterocycles. The highest BCUT2D eigenvalue weighted by molar-refractivity contribution is 6.99. The largest absolute Gasteiger partial charge is 0.332 e. The molecule has 0 saturated carbocycles. The summed E-state index contributed by atoms with van der Waals surface area (Å²) in [4.78, 5) is 3.97. The van der Waals surface area contributed by atoms with E-state index in [0.29, 0.717) is 17.4 Å². The summed E-state index contributed by atoms with van der Waals surface area (Å²) in [5.41, 5.74) is 5.89. The molecule has 0 atom stereocenters. The van der Waals surface area contributed by atoms with Crippen molar-refractivity contribution in [2.45, 2.75) is 6.54 Å². The fraction of sp³-hybridized carbons (Fsp3) is 0.200. The van der Waals surface area contributed by atoms with Gasteiger partial charge in [0.15, 0.2) is 11.5 Å². The molecule has 2 aromatic heterocycles. The van der Waals surface area contributed by atoms with Crippen molar-refractivity contribution in [2.75, 3.05) is 0 Å². The summed E-state index contributed by atoms with van der Waals surface area (Å²) in [6.07, 6.45) is 1.57. The fourth-order valence-corrected chi connectivity index (χ4v) is 1.11. The zero-order valence-electron chi connectivity index (χ0n) is 5.97. The SMILES string of the molecule is NCc1noc(-c2cnsn2)n1. The first-order valence-corrected chi connectivity index (χ1v) is 3.94. The molecule has 2 heterocycles. The van der Waals surface area contributed by atoms with Gasteiger partial charge in [0.1, 0.15) is 0 Å². The zero-order valence-corrected chi connectivity index (χ0v) is 6.78. The number of hydrogen-bond donors (Lipinski definition) is 1. The average Bonchev–Trinajstić information content (AvgIpc) is 2.75. The smallest absolute Gasteiger partial charge is 0.279 e. The van der Waals surface area contributed by atoms with Crippen LogP contribution in [0.25, 0.3) is 11.6 Å². The molecule has 62 valence electrons. The Balaban J connectivity index is 2.35. The standard InChI is InChI=1S/C5H5N5OS/c6-1-4-8-5(11-9-4)3-2-7-12-10-3/h2H,1,6H2. The van der Waals surface area contributed by atoms with Crippen molar-refractivity contribution in [3.63, 3.8) is 0 Å². The Morgan fingerprint density at radius 1 is 1.58 bits per heavy atom. The molecule has 2 rings (SSSR count). The van der Waals surface area contributed by atoms with E-state index in [1.807, 2.05) is 0 Å². The lowest BCUT2D eigenvalue weighted by Gasteiger charge is -1.79. The molecule has 0 fully saturated rings. The number of rotatable bonds is 2. The Kier molecular flexibility index (Phi) is 1.80. The maximum Gasteiger partial charge on any atom is 0.279 e. The van der Waals surface area contributed by atoms with Gasteiger partial charge in [-0.1, -0.05) is 5.16 Å². The van der Waals surface area contributed by atoms with Gasteiger partial charge in [-0.15, -0.1) is 0 Å². The van der Waals surface area contributed by atoms with Gasteiger partial charge in [-0.25, -0.2) is 0 Å². The molecule has 0 aliphatic carbocycles. The van der Waals surface area contributed by atoms with E-state index in [4.69, 9.17) is 10.3 Å². The summed E-state index contributed by atoms with van der Waals surface area (Å²) in [7, 11) is 0. The minimum atomic E-state index is 0.265. The quantitative estimate of drug-likeness (QED) is 0.707. The Bertz CT molecular complexity index is 356. The maximum atomic E-state index is 5.30. The summed E-state index contributed by atoms with van der Waals surface area (Å²) in [5.74, 6) is 0.835. The molecule has 0 amide bonds. The van der Waals surface area contributed by atoms with Gasteiger partial charge in [0, 0.05) is 0 Å². The van der Waals surface area contributed by atoms with Crippen molar-refractivity contribution in [1.29, 1.82) is 0 Å². The normalized spacial score (nSPS) is 10.4. The van der Waals surface area contributed by atoms with Crippen LogP contribution in [0.4, 0.5) is 0 Å². The Hall–Kier alpha value is -1.34. The van der Waals surface area contributed by atoms with Crippen LogP contribution < -0.4 is 5.73 Å². The number of aromatic nitrogens is 4. The predicted molar refractivity (Wildman–Crippen MR) is 41.1 cm³/mol. The van der Waals surface area contributed by atoms with E-state index in [-0.39, 0.29) is 6.54 Å². The van der Waals surface area contributed by atoms with E-state index in [9.17, 15) is 0 Å². The molecule has 2 aromatic rings. The van der Waals surface area contributed by atoms with Crippen LogP contribution in [-0.4, -0.2) is 18.9 Å². The predicted octanol–water partition coefficient (Wildman–Crippen LogP) is 0.0468. The van der Waals surface area contributed by atoms with Crippen LogP contribution in [0.3, 0.4) is 0 Å². The first-order chi connectivity index (χ1) is 5.90. The van der Waals surface area contributed by atoms with E-state index in [1.165, 1.54) is 0 Å². The summed E-state index contributed by atoms with van der Waals surface area (Å²) in [5, 5.41) is 3.62. The maximum absolute atomic E-state index is 5.30. The average molecular weight is 183 g/mol. The van der Waals surface area contributed by atoms with Crippen LogP contribution in [0.1, 0.15) is 5.82 Å². The van der Waals surface area contributed by atoms with Crippen LogP contribution >= 0.6 is 11.7 Å². The lowest BCUT2D eigenvalue weighted by molar-refractivity contribution is 0.422. The molecule has 7 heteroatoms. The van der Waals surface area contributed by atoms with Gasteiger partial charge in [-0.3, -0.25) is 0 Å². The van der Waals surface area contributed by atoms with Crippen LogP contribution in [0.5, 0.6) is 0 Å². The Morgan fingerprint density at radius 3 is 3.08 bits per heavy atom. The number of nitrogens with two attached hydrogens (primary N) is 1. The third-order valence-corrected chi connectivity index (χ3v) is 1.71. The van der Waals surface area contributed by atoms with Gasteiger partial charge in [0.2, 0.25) is 0 Å². The van der Waals surface area contributed by atoms with E-state index < -0.39 is 0 Å². The molecule has 2 N–H and O–H groups in total. The zero-order chi connectivity index (χ0) is 8.39. The highest BCUT2D eigenvalue weighted by Gasteiger charge is 2.09. The van der Waals surface area contributed by atoms with Crippen molar-refractivity contribution in [2.24, 2.45) is 5.73 Å². The molecular weight excluding hydrogens is 178 g/mol. The van der Waals surface area contributed by atoms with Crippen LogP contribution in [-0.2, 0) is 6.54 Å². The van der Waals surface area contributed by atoms with E-state index in [2.05, 4.69) is 18.9 Å². The van der Waals surface area contributed by atoms with Crippen LogP contribution in [0.15, 0.2) is 10.7 Å². The third-order valence-electron chi connectivity index (χ3n) is 1.23. The molecule has 12 heavy (non-hydrogen) atoms. The molecule has 0 spiro atoms. The van der Waals surface area contributed by atoms with Gasteiger partial charge in [0.05, 0.1) is 24.5 Å². The van der Waals surface area contributed by atoms with Gasteiger partial charge >= 0.3 is 0 Å². The first kappa shape index (κ1) is 7.32. The van der Waals surface area contributed by atoms with E-state index >= 15 is 0 Å². The second-order valence-corrected chi connectivity index (χ2v) is 2.57. The van der Waals surface area contributed by atoms with Crippen molar-refractivity contribution in [3.05, 3.63) is 12.0 Å². The summed E-state index contributed by atoms with van der Waals surface area (Å²) in [6, 6.07) is 0. The van der Waals surface area contributed by atoms with E-state index in [1.54, 1.807) is 6.20 Å². The van der Waals surface area contributed by atoms with Gasteiger partial charge in [0.25, 0.3) is 5.89 Å². The highest BCUT2D eigenvalue weighted by Crippen LogP contribution is 2.13. The molecule has 0 aliphatic rings. The molecule has 0 aromatic carbocycles. The molecule has 0 bridgehead atoms. The molecule has 6 nitrogen and oxygen atoms in total. The Labute approximate surface area is 71.7 Å². The Morgan fingerprint density at radius 2 is 2.50 bits per heavy atom. The summed E-state index contributed by atoms with van der Waals surface area (Å²) < 4.78 is 12.6. The monoisotopic (exact) mass is 183 g/mol. The lowest BCUT2D eigenvalue weighted by Crippen LogP contribution is -1.97. The number of hydrogen-bond acceptors (Lipinski definition) is 7. The van der Waals surface area contributed by atoms with Crippen molar-refractivity contribution in [3.8, 4) is 11.6 Å². The molecule has 0 saturated heterocycles. The van der Waals surface area contributed by atoms with Gasteiger partial charge in [-0.2, -0.15) is 13.7 Å². The van der Waals surface area contributed by atoms with Crippen molar-refractivity contribution < 1.29 is 4.52 Å².